The summed E-state index contributed by atoms with van der Waals surface area (Å²) in [6.07, 6.45) is 1.54. The van der Waals surface area contributed by atoms with Gasteiger partial charge in [0.1, 0.15) is 12.4 Å². The van der Waals surface area contributed by atoms with Crippen LogP contribution in [0.3, 0.4) is 0 Å². The lowest BCUT2D eigenvalue weighted by Gasteiger charge is -2.16. The summed E-state index contributed by atoms with van der Waals surface area (Å²) >= 11 is 6.17. The number of anilines is 1. The minimum Gasteiger partial charge on any atom is -0.493 e. The SMILES string of the molecule is COc1cc(/C=N\NC(=O)[C@H]2CC(=O)N(c3ccc(F)cc3)C2)ccc1OCc1ccccc1Cl. The topological polar surface area (TPSA) is 80.2 Å². The molecule has 4 rings (SSSR count). The van der Waals surface area contributed by atoms with E-state index in [2.05, 4.69) is 10.5 Å². The molecule has 0 radical (unpaired) electrons. The third-order valence-electron chi connectivity index (χ3n) is 5.55. The monoisotopic (exact) mass is 495 g/mol. The van der Waals surface area contributed by atoms with Gasteiger partial charge >= 0.3 is 0 Å². The van der Waals surface area contributed by atoms with Crippen LogP contribution in [-0.4, -0.2) is 31.7 Å². The van der Waals surface area contributed by atoms with E-state index in [-0.39, 0.29) is 37.2 Å². The third-order valence-corrected chi connectivity index (χ3v) is 5.92. The van der Waals surface area contributed by atoms with Crippen molar-refractivity contribution < 1.29 is 23.5 Å². The summed E-state index contributed by atoms with van der Waals surface area (Å²) in [6.45, 7) is 0.492. The Morgan fingerprint density at radius 2 is 1.94 bits per heavy atom. The highest BCUT2D eigenvalue weighted by molar-refractivity contribution is 6.31. The molecule has 0 spiro atoms. The minimum absolute atomic E-state index is 0.0595. The largest absolute Gasteiger partial charge is 0.493 e. The Morgan fingerprint density at radius 1 is 1.17 bits per heavy atom. The molecule has 7 nitrogen and oxygen atoms in total. The fraction of sp³-hybridized carbons (Fsp3) is 0.192. The van der Waals surface area contributed by atoms with Gasteiger partial charge in [-0.05, 0) is 54.1 Å². The van der Waals surface area contributed by atoms with Gasteiger partial charge < -0.3 is 14.4 Å². The van der Waals surface area contributed by atoms with Crippen LogP contribution >= 0.6 is 11.6 Å². The molecule has 3 aromatic carbocycles. The van der Waals surface area contributed by atoms with Crippen molar-refractivity contribution >= 4 is 35.3 Å². The number of ether oxygens (including phenoxy) is 2. The minimum atomic E-state index is -0.556. The number of hydrogen-bond donors (Lipinski definition) is 1. The van der Waals surface area contributed by atoms with E-state index in [1.54, 1.807) is 24.3 Å². The molecule has 180 valence electrons. The zero-order valence-electron chi connectivity index (χ0n) is 18.9. The number of methoxy groups -OCH3 is 1. The quantitative estimate of drug-likeness (QED) is 0.367. The number of benzene rings is 3. The fourth-order valence-corrected chi connectivity index (χ4v) is 3.86. The lowest BCUT2D eigenvalue weighted by Crippen LogP contribution is -2.30. The van der Waals surface area contributed by atoms with Crippen LogP contribution in [0.25, 0.3) is 0 Å². The molecule has 0 saturated carbocycles. The molecule has 35 heavy (non-hydrogen) atoms. The number of amides is 2. The van der Waals surface area contributed by atoms with Crippen LogP contribution < -0.4 is 19.8 Å². The van der Waals surface area contributed by atoms with E-state index in [0.29, 0.717) is 27.8 Å². The van der Waals surface area contributed by atoms with Crippen molar-refractivity contribution in [2.45, 2.75) is 13.0 Å². The molecule has 1 saturated heterocycles. The third kappa shape index (κ3) is 5.96. The molecule has 0 bridgehead atoms. The molecular weight excluding hydrogens is 473 g/mol. The molecule has 3 aromatic rings. The van der Waals surface area contributed by atoms with Crippen LogP contribution in [0.2, 0.25) is 5.02 Å². The summed E-state index contributed by atoms with van der Waals surface area (Å²) < 4.78 is 24.4. The van der Waals surface area contributed by atoms with Crippen molar-refractivity contribution in [1.29, 1.82) is 0 Å². The van der Waals surface area contributed by atoms with Crippen LogP contribution in [0.5, 0.6) is 11.5 Å². The average Bonchev–Trinajstić information content (AvgIpc) is 3.26. The second-order valence-electron chi connectivity index (χ2n) is 7.91. The maximum Gasteiger partial charge on any atom is 0.245 e. The molecule has 0 aromatic heterocycles. The first-order valence-electron chi connectivity index (χ1n) is 10.9. The molecule has 1 N–H and O–H groups in total. The maximum atomic E-state index is 13.1. The van der Waals surface area contributed by atoms with Gasteiger partial charge in [0.05, 0.1) is 19.2 Å². The van der Waals surface area contributed by atoms with Gasteiger partial charge in [0.2, 0.25) is 11.8 Å². The lowest BCUT2D eigenvalue weighted by atomic mass is 10.1. The van der Waals surface area contributed by atoms with Crippen molar-refractivity contribution in [3.8, 4) is 11.5 Å². The number of nitrogens with zero attached hydrogens (tertiary/aromatic N) is 2. The first-order chi connectivity index (χ1) is 16.9. The fourth-order valence-electron chi connectivity index (χ4n) is 3.67. The normalized spacial score (nSPS) is 15.5. The highest BCUT2D eigenvalue weighted by Crippen LogP contribution is 2.29. The lowest BCUT2D eigenvalue weighted by molar-refractivity contribution is -0.126. The molecule has 1 fully saturated rings. The summed E-state index contributed by atoms with van der Waals surface area (Å²) in [5.74, 6) is -0.466. The van der Waals surface area contributed by atoms with Crippen LogP contribution in [0.4, 0.5) is 10.1 Å². The predicted molar refractivity (Wildman–Crippen MR) is 131 cm³/mol. The Balaban J connectivity index is 1.34. The van der Waals surface area contributed by atoms with E-state index < -0.39 is 5.92 Å². The van der Waals surface area contributed by atoms with Gasteiger partial charge in [0.15, 0.2) is 11.5 Å². The van der Waals surface area contributed by atoms with E-state index in [4.69, 9.17) is 21.1 Å². The van der Waals surface area contributed by atoms with Crippen LogP contribution in [0.15, 0.2) is 71.8 Å². The van der Waals surface area contributed by atoms with Crippen molar-refractivity contribution in [3.05, 3.63) is 88.7 Å². The van der Waals surface area contributed by atoms with Gasteiger partial charge in [-0.1, -0.05) is 29.8 Å². The summed E-state index contributed by atoms with van der Waals surface area (Å²) in [5.41, 5.74) is 4.58. The molecule has 0 aliphatic carbocycles. The van der Waals surface area contributed by atoms with Crippen molar-refractivity contribution in [2.24, 2.45) is 11.0 Å². The molecule has 1 aliphatic rings. The standard InChI is InChI=1S/C26H23ClFN3O4/c1-34-24-12-17(6-11-23(24)35-16-18-4-2-3-5-22(18)27)14-29-30-26(33)19-13-25(32)31(15-19)21-9-7-20(28)8-10-21/h2-12,14,19H,13,15-16H2,1H3,(H,30,33)/b29-14-/t19-/m0/s1. The predicted octanol–water partition coefficient (Wildman–Crippen LogP) is 4.57. The van der Waals surface area contributed by atoms with Crippen LogP contribution in [0, 0.1) is 11.7 Å². The maximum absolute atomic E-state index is 13.1. The summed E-state index contributed by atoms with van der Waals surface area (Å²) in [4.78, 5) is 26.3. The molecule has 2 amide bonds. The second kappa shape index (κ2) is 11.0. The summed E-state index contributed by atoms with van der Waals surface area (Å²) in [5, 5.41) is 4.63. The Labute approximate surface area is 207 Å². The van der Waals surface area contributed by atoms with E-state index in [0.717, 1.165) is 5.56 Å². The molecule has 9 heteroatoms. The highest BCUT2D eigenvalue weighted by Gasteiger charge is 2.35. The highest BCUT2D eigenvalue weighted by atomic mass is 35.5. The van der Waals surface area contributed by atoms with Gasteiger partial charge in [-0.2, -0.15) is 5.10 Å². The van der Waals surface area contributed by atoms with Gasteiger partial charge in [-0.25, -0.2) is 9.82 Å². The second-order valence-corrected chi connectivity index (χ2v) is 8.31. The molecule has 1 atom stereocenters. The number of hydrazone groups is 1. The Bertz CT molecular complexity index is 1250. The number of hydrogen-bond acceptors (Lipinski definition) is 5. The van der Waals surface area contributed by atoms with E-state index in [9.17, 15) is 14.0 Å². The van der Waals surface area contributed by atoms with E-state index in [1.165, 1.54) is 42.5 Å². The number of nitrogens with one attached hydrogen (secondary N) is 1. The number of rotatable bonds is 8. The zero-order chi connectivity index (χ0) is 24.8. The molecule has 1 heterocycles. The van der Waals surface area contributed by atoms with Gasteiger partial charge in [0.25, 0.3) is 0 Å². The van der Waals surface area contributed by atoms with E-state index >= 15 is 0 Å². The van der Waals surface area contributed by atoms with Gasteiger partial charge in [0, 0.05) is 29.2 Å². The zero-order valence-corrected chi connectivity index (χ0v) is 19.7. The van der Waals surface area contributed by atoms with Gasteiger partial charge in [-0.15, -0.1) is 0 Å². The number of carbonyl (C=O) groups excluding carboxylic acids is 2. The smallest absolute Gasteiger partial charge is 0.245 e. The average molecular weight is 496 g/mol. The van der Waals surface area contributed by atoms with Gasteiger partial charge in [-0.3, -0.25) is 9.59 Å². The number of halogens is 2. The van der Waals surface area contributed by atoms with Crippen molar-refractivity contribution in [2.75, 3.05) is 18.6 Å². The first kappa shape index (κ1) is 24.2. The van der Waals surface area contributed by atoms with E-state index in [1.807, 2.05) is 18.2 Å². The summed E-state index contributed by atoms with van der Waals surface area (Å²) in [7, 11) is 1.53. The molecular formula is C26H23ClFN3O4. The van der Waals surface area contributed by atoms with Crippen LogP contribution in [-0.2, 0) is 16.2 Å². The Hall–Kier alpha value is -3.91. The first-order valence-corrected chi connectivity index (χ1v) is 11.3. The van der Waals surface area contributed by atoms with Crippen molar-refractivity contribution in [3.63, 3.8) is 0 Å². The Morgan fingerprint density at radius 3 is 2.69 bits per heavy atom. The number of carbonyl (C=O) groups is 2. The van der Waals surface area contributed by atoms with Crippen molar-refractivity contribution in [1.82, 2.24) is 5.43 Å². The summed E-state index contributed by atoms with van der Waals surface area (Å²) in [6, 6.07) is 18.3. The molecule has 0 unspecified atom stereocenters. The van der Waals surface area contributed by atoms with Crippen LogP contribution in [0.1, 0.15) is 17.5 Å². The Kier molecular flexibility index (Phi) is 7.62. The molecule has 1 aliphatic heterocycles.